The van der Waals surface area contributed by atoms with Crippen molar-refractivity contribution in [1.82, 2.24) is 0 Å². The molecule has 10 heteroatoms. The van der Waals surface area contributed by atoms with Crippen LogP contribution in [0.25, 0.3) is 53.9 Å². The van der Waals surface area contributed by atoms with Gasteiger partial charge in [0.15, 0.2) is 0 Å². The van der Waals surface area contributed by atoms with Gasteiger partial charge in [-0.1, -0.05) is 69.2 Å². The number of rotatable bonds is 30. The van der Waals surface area contributed by atoms with Gasteiger partial charge >= 0.3 is 0 Å². The predicted octanol–water partition coefficient (Wildman–Crippen LogP) is 20.8. The molecule has 6 aromatic rings. The first-order chi connectivity index (χ1) is 29.5. The van der Waals surface area contributed by atoms with E-state index in [0.717, 1.165) is 57.5 Å². The first kappa shape index (κ1) is 50.3. The van der Waals surface area contributed by atoms with Crippen molar-refractivity contribution in [2.75, 3.05) is 57.5 Å². The summed E-state index contributed by atoms with van der Waals surface area (Å²) in [6, 6.07) is 0. The first-order valence-corrected chi connectivity index (χ1v) is 33.1. The normalized spacial score (nSPS) is 12.5. The second-order valence-corrected chi connectivity index (χ2v) is 26.6. The lowest BCUT2D eigenvalue weighted by Gasteiger charge is -2.25. The van der Waals surface area contributed by atoms with Crippen molar-refractivity contribution in [2.24, 2.45) is 0 Å². The van der Waals surface area contributed by atoms with E-state index in [2.05, 4.69) is 187 Å². The van der Waals surface area contributed by atoms with Gasteiger partial charge in [-0.3, -0.25) is 0 Å². The van der Waals surface area contributed by atoms with Crippen molar-refractivity contribution in [3.05, 3.63) is 0 Å². The maximum absolute atomic E-state index is 2.39. The highest BCUT2D eigenvalue weighted by molar-refractivity contribution is 8.05. The molecule has 0 fully saturated rings. The van der Waals surface area contributed by atoms with Crippen LogP contribution in [0.1, 0.15) is 133 Å². The van der Waals surface area contributed by atoms with E-state index in [1.165, 1.54) is 64.2 Å². The molecule has 0 radical (unpaired) electrons. The molecule has 0 amide bonds. The fourth-order valence-corrected chi connectivity index (χ4v) is 20.1. The van der Waals surface area contributed by atoms with Gasteiger partial charge in [-0.2, -0.15) is 0 Å². The molecule has 0 spiro atoms. The van der Waals surface area contributed by atoms with Crippen molar-refractivity contribution in [3.8, 4) is 0 Å². The molecule has 6 rings (SSSR count). The number of benzene rings is 5. The van der Waals surface area contributed by atoms with Gasteiger partial charge in [0.05, 0.1) is 0 Å². The lowest BCUT2D eigenvalue weighted by atomic mass is 9.99. The van der Waals surface area contributed by atoms with E-state index in [-0.39, 0.29) is 0 Å². The molecule has 0 aliphatic carbocycles. The van der Waals surface area contributed by atoms with Crippen LogP contribution in [0.3, 0.4) is 0 Å². The van der Waals surface area contributed by atoms with Crippen LogP contribution in [0.4, 0.5) is 0 Å². The van der Waals surface area contributed by atoms with E-state index in [4.69, 9.17) is 0 Å². The van der Waals surface area contributed by atoms with Gasteiger partial charge in [0.2, 0.25) is 0 Å². The van der Waals surface area contributed by atoms with Gasteiger partial charge in [0.25, 0.3) is 0 Å². The summed E-state index contributed by atoms with van der Waals surface area (Å²) in [5.74, 6) is 11.6. The third kappa shape index (κ3) is 9.95. The van der Waals surface area contributed by atoms with Gasteiger partial charge in [-0.05, 0) is 122 Å². The van der Waals surface area contributed by atoms with Crippen LogP contribution in [-0.2, 0) is 0 Å². The third-order valence-electron chi connectivity index (χ3n) is 10.3. The summed E-state index contributed by atoms with van der Waals surface area (Å²) >= 11 is 22.0. The van der Waals surface area contributed by atoms with E-state index < -0.39 is 0 Å². The molecule has 0 N–H and O–H groups in total. The largest absolute Gasteiger partial charge is 0.124 e. The zero-order chi connectivity index (χ0) is 42.8. The second kappa shape index (κ2) is 25.1. The SMILES string of the molecule is CCCSc1c(SCCC)c2c(SCCC)c(SCCC)c3c(SCCC)c(SCCC)c4c(SCCC)c(SCCC)c5c(SCCC)c(SCCC)c1c1c2c3c4c51. The minimum Gasteiger partial charge on any atom is -0.124 e. The van der Waals surface area contributed by atoms with Gasteiger partial charge in [-0.25, -0.2) is 0 Å². The summed E-state index contributed by atoms with van der Waals surface area (Å²) in [6.07, 6.45) is 11.9. The second-order valence-electron chi connectivity index (χ2n) is 15.5. The zero-order valence-electron chi connectivity index (χ0n) is 38.2. The van der Waals surface area contributed by atoms with E-state index in [0.29, 0.717) is 0 Å². The molecule has 6 aromatic carbocycles. The Morgan fingerprint density at radius 3 is 0.350 bits per heavy atom. The Morgan fingerprint density at radius 1 is 0.167 bits per heavy atom. The summed E-state index contributed by atoms with van der Waals surface area (Å²) in [6.45, 7) is 23.9. The minimum atomic E-state index is 1.16. The molecule has 0 unspecified atom stereocenters. The third-order valence-corrected chi connectivity index (χ3v) is 24.0. The molecule has 0 nitrogen and oxygen atoms in total. The van der Waals surface area contributed by atoms with Crippen LogP contribution in [0.2, 0.25) is 0 Å². The summed E-state index contributed by atoms with van der Waals surface area (Å²) in [4.78, 5) is 16.1. The molecule has 0 aliphatic heterocycles. The average Bonchev–Trinajstić information content (AvgIpc) is 3.61. The van der Waals surface area contributed by atoms with Crippen LogP contribution in [0.15, 0.2) is 49.0 Å². The molecule has 0 heterocycles. The van der Waals surface area contributed by atoms with Crippen molar-refractivity contribution in [1.29, 1.82) is 0 Å². The maximum atomic E-state index is 2.39. The summed E-state index contributed by atoms with van der Waals surface area (Å²) < 4.78 is 0. The number of hydrogen-bond acceptors (Lipinski definition) is 10. The van der Waals surface area contributed by atoms with Crippen molar-refractivity contribution < 1.29 is 0 Å². The average molecular weight is 992 g/mol. The predicted molar refractivity (Wildman–Crippen MR) is 298 cm³/mol. The van der Waals surface area contributed by atoms with E-state index >= 15 is 0 Å². The van der Waals surface area contributed by atoms with Crippen molar-refractivity contribution in [3.63, 3.8) is 0 Å². The molecule has 0 aromatic heterocycles. The van der Waals surface area contributed by atoms with Crippen molar-refractivity contribution in [2.45, 2.75) is 182 Å². The van der Waals surface area contributed by atoms with Crippen LogP contribution in [0.5, 0.6) is 0 Å². The van der Waals surface area contributed by atoms with Crippen LogP contribution >= 0.6 is 118 Å². The Hall–Kier alpha value is 0.900. The maximum Gasteiger partial charge on any atom is 0.0305 e. The Kier molecular flexibility index (Phi) is 21.1. The fraction of sp³-hybridized carbons (Fsp3) is 0.600. The van der Waals surface area contributed by atoms with Gasteiger partial charge in [0.1, 0.15) is 0 Å². The standard InChI is InChI=1S/C50H70S10/c1-11-21-51-41-36-31-32-34-35-33(31)38(45(55-25-15-5)43(36)53-23-13-3)47(57-27-17-7)49(59-29-19-9)40(35)50(60-30-20-10)48(58-28-18-8)39(34)46(56-26-16-6)44(54-24-14-4)37(32)42(41)52-22-12-2/h11-30H2,1-10H3. The minimum absolute atomic E-state index is 1.16. The molecular weight excluding hydrogens is 921 g/mol. The lowest BCUT2D eigenvalue weighted by Crippen LogP contribution is -1.98. The quantitative estimate of drug-likeness (QED) is 0.0315. The van der Waals surface area contributed by atoms with Crippen LogP contribution in [-0.4, -0.2) is 57.5 Å². The molecule has 330 valence electrons. The Bertz CT molecular complexity index is 1760. The lowest BCUT2D eigenvalue weighted by molar-refractivity contribution is 1.08. The first-order valence-electron chi connectivity index (χ1n) is 23.2. The molecular formula is C50H70S10. The van der Waals surface area contributed by atoms with E-state index in [9.17, 15) is 0 Å². The summed E-state index contributed by atoms with van der Waals surface area (Å²) in [5.41, 5.74) is 0. The van der Waals surface area contributed by atoms with Gasteiger partial charge < -0.3 is 0 Å². The molecule has 60 heavy (non-hydrogen) atoms. The fourth-order valence-electron chi connectivity index (χ4n) is 8.08. The highest BCUT2D eigenvalue weighted by Gasteiger charge is 2.37. The Balaban J connectivity index is 2.11. The molecule has 0 bridgehead atoms. The highest BCUT2D eigenvalue weighted by Crippen LogP contribution is 2.66. The molecule has 0 aliphatic rings. The Morgan fingerprint density at radius 2 is 0.267 bits per heavy atom. The molecule has 0 atom stereocenters. The van der Waals surface area contributed by atoms with E-state index in [1.807, 2.05) is 0 Å². The van der Waals surface area contributed by atoms with E-state index in [1.54, 1.807) is 103 Å². The van der Waals surface area contributed by atoms with Crippen molar-refractivity contribution >= 4 is 171 Å². The number of hydrogen-bond donors (Lipinski definition) is 0. The summed E-state index contributed by atoms with van der Waals surface area (Å²) in [5, 5.41) is 16.2. The topological polar surface area (TPSA) is 0 Å². The smallest absolute Gasteiger partial charge is 0.0305 e. The van der Waals surface area contributed by atoms with Crippen LogP contribution < -0.4 is 0 Å². The van der Waals surface area contributed by atoms with Gasteiger partial charge in [0, 0.05) is 103 Å². The highest BCUT2D eigenvalue weighted by atomic mass is 32.2. The monoisotopic (exact) mass is 990 g/mol. The van der Waals surface area contributed by atoms with Gasteiger partial charge in [-0.15, -0.1) is 118 Å². The Labute approximate surface area is 407 Å². The van der Waals surface area contributed by atoms with Crippen LogP contribution in [0, 0.1) is 0 Å². The zero-order valence-corrected chi connectivity index (χ0v) is 46.4. The molecule has 0 saturated carbocycles. The molecule has 0 saturated heterocycles. The summed E-state index contributed by atoms with van der Waals surface area (Å²) in [7, 11) is 0. The number of thioether (sulfide) groups is 10.